The quantitative estimate of drug-likeness (QED) is 0.242. The Morgan fingerprint density at radius 3 is 2.49 bits per heavy atom. The Hall–Kier alpha value is -4.64. The van der Waals surface area contributed by atoms with E-state index in [9.17, 15) is 0 Å². The van der Waals surface area contributed by atoms with Gasteiger partial charge in [-0.25, -0.2) is 0 Å². The van der Waals surface area contributed by atoms with Crippen molar-refractivity contribution in [3.63, 3.8) is 0 Å². The number of benzene rings is 4. The molecule has 4 aromatic carbocycles. The third-order valence-electron chi connectivity index (χ3n) is 8.46. The standard InChI is InChI=1S/C32H21BN2O2/c34-20-4-6-22-16(10-20)8-18-12-26-30(14-24(18)22)36-28-2-1-3-29-32(28)33(26)27-13-19-9-17-11-21(35)5-7-23(17)25(19)15-31(27)37-29/h1-8,10-15,24H,9,34-35H2. The average Bonchev–Trinajstić information content (AvgIpc) is 3.41. The van der Waals surface area contributed by atoms with Crippen LogP contribution in [0.5, 0.6) is 17.2 Å². The maximum atomic E-state index is 6.55. The van der Waals surface area contributed by atoms with Crippen molar-refractivity contribution in [1.29, 1.82) is 0 Å². The van der Waals surface area contributed by atoms with Crippen molar-refractivity contribution < 1.29 is 9.47 Å². The van der Waals surface area contributed by atoms with Gasteiger partial charge in [0.1, 0.15) is 23.0 Å². The maximum Gasteiger partial charge on any atom is 0.260 e. The number of allylic oxidation sites excluding steroid dienone is 4. The van der Waals surface area contributed by atoms with E-state index in [1.54, 1.807) is 0 Å². The third-order valence-corrected chi connectivity index (χ3v) is 8.46. The molecule has 2 aliphatic heterocycles. The van der Waals surface area contributed by atoms with E-state index in [1.165, 1.54) is 49.9 Å². The highest BCUT2D eigenvalue weighted by molar-refractivity contribution is 6.94. The molecule has 9 rings (SSSR count). The summed E-state index contributed by atoms with van der Waals surface area (Å²) in [6.07, 6.45) is 7.76. The molecule has 2 heterocycles. The SMILES string of the molecule is Nc1ccc2c(c1)C=C1C=C3B4c5cc6c(cc5Oc5cccc(c54)OC3=CC12)-c1ccc(N)cc1C6. The Bertz CT molecular complexity index is 1850. The van der Waals surface area contributed by atoms with Crippen LogP contribution in [-0.2, 0) is 6.42 Å². The van der Waals surface area contributed by atoms with Gasteiger partial charge in [0, 0.05) is 22.8 Å². The fourth-order valence-electron chi connectivity index (χ4n) is 6.87. The molecule has 0 fully saturated rings. The molecule has 4 aromatic rings. The normalized spacial score (nSPS) is 18.4. The van der Waals surface area contributed by atoms with E-state index in [2.05, 4.69) is 60.7 Å². The van der Waals surface area contributed by atoms with Crippen LogP contribution in [0.25, 0.3) is 17.2 Å². The van der Waals surface area contributed by atoms with Gasteiger partial charge in [0.25, 0.3) is 6.71 Å². The Morgan fingerprint density at radius 1 is 0.757 bits per heavy atom. The minimum Gasteiger partial charge on any atom is -0.459 e. The zero-order chi connectivity index (χ0) is 24.4. The molecule has 174 valence electrons. The van der Waals surface area contributed by atoms with Crippen LogP contribution in [0, 0.1) is 0 Å². The zero-order valence-electron chi connectivity index (χ0n) is 19.9. The molecule has 37 heavy (non-hydrogen) atoms. The van der Waals surface area contributed by atoms with Gasteiger partial charge in [-0.2, -0.15) is 0 Å². The van der Waals surface area contributed by atoms with Crippen molar-refractivity contribution in [1.82, 2.24) is 0 Å². The fraction of sp³-hybridized carbons (Fsp3) is 0.0625. The van der Waals surface area contributed by atoms with Crippen molar-refractivity contribution in [2.45, 2.75) is 12.3 Å². The van der Waals surface area contributed by atoms with Crippen molar-refractivity contribution in [2.24, 2.45) is 0 Å². The molecule has 1 unspecified atom stereocenters. The van der Waals surface area contributed by atoms with Crippen LogP contribution in [0.3, 0.4) is 0 Å². The van der Waals surface area contributed by atoms with Crippen LogP contribution < -0.4 is 31.9 Å². The van der Waals surface area contributed by atoms with Crippen LogP contribution in [0.4, 0.5) is 11.4 Å². The highest BCUT2D eigenvalue weighted by atomic mass is 16.5. The second-order valence-corrected chi connectivity index (χ2v) is 10.6. The molecule has 0 spiro atoms. The summed E-state index contributed by atoms with van der Waals surface area (Å²) in [6.45, 7) is 0.0460. The number of rotatable bonds is 0. The van der Waals surface area contributed by atoms with Crippen LogP contribution in [0.15, 0.2) is 95.7 Å². The molecule has 0 radical (unpaired) electrons. The third kappa shape index (κ3) is 2.53. The second-order valence-electron chi connectivity index (χ2n) is 10.6. The van der Waals surface area contributed by atoms with Crippen LogP contribution in [-0.4, -0.2) is 6.71 Å². The molecular weight excluding hydrogens is 455 g/mol. The molecule has 5 heteroatoms. The molecule has 0 amide bonds. The lowest BCUT2D eigenvalue weighted by molar-refractivity contribution is 0.427. The lowest BCUT2D eigenvalue weighted by atomic mass is 9.33. The second kappa shape index (κ2) is 6.57. The molecule has 3 aliphatic carbocycles. The topological polar surface area (TPSA) is 70.5 Å². The highest BCUT2D eigenvalue weighted by Crippen LogP contribution is 2.47. The van der Waals surface area contributed by atoms with E-state index < -0.39 is 0 Å². The van der Waals surface area contributed by atoms with Gasteiger partial charge >= 0.3 is 0 Å². The van der Waals surface area contributed by atoms with E-state index in [0.29, 0.717) is 0 Å². The Labute approximate surface area is 214 Å². The summed E-state index contributed by atoms with van der Waals surface area (Å²) in [5.41, 5.74) is 26.1. The number of anilines is 2. The number of hydrogen-bond donors (Lipinski definition) is 2. The summed E-state index contributed by atoms with van der Waals surface area (Å²) in [4.78, 5) is 0. The van der Waals surface area contributed by atoms with Crippen LogP contribution in [0.1, 0.15) is 28.2 Å². The average molecular weight is 476 g/mol. The van der Waals surface area contributed by atoms with Gasteiger partial charge in [-0.3, -0.25) is 0 Å². The summed E-state index contributed by atoms with van der Waals surface area (Å²) < 4.78 is 13.1. The Morgan fingerprint density at radius 2 is 1.57 bits per heavy atom. The molecule has 5 aliphatic rings. The lowest BCUT2D eigenvalue weighted by Crippen LogP contribution is -2.52. The van der Waals surface area contributed by atoms with E-state index in [4.69, 9.17) is 20.9 Å². The van der Waals surface area contributed by atoms with E-state index in [-0.39, 0.29) is 12.6 Å². The molecule has 0 saturated carbocycles. The Balaban J connectivity index is 1.25. The number of ether oxygens (including phenoxy) is 2. The molecule has 0 aromatic heterocycles. The summed E-state index contributed by atoms with van der Waals surface area (Å²) in [6, 6.07) is 23.1. The zero-order valence-corrected chi connectivity index (χ0v) is 19.9. The largest absolute Gasteiger partial charge is 0.459 e. The minimum atomic E-state index is 0.0460. The predicted molar refractivity (Wildman–Crippen MR) is 149 cm³/mol. The van der Waals surface area contributed by atoms with Crippen LogP contribution in [0.2, 0.25) is 0 Å². The number of nitrogens with two attached hydrogens (primary N) is 2. The summed E-state index contributed by atoms with van der Waals surface area (Å²) in [5, 5.41) is 0. The number of nitrogen functional groups attached to an aromatic ring is 2. The predicted octanol–water partition coefficient (Wildman–Crippen LogP) is 5.07. The van der Waals surface area contributed by atoms with Gasteiger partial charge in [0.15, 0.2) is 0 Å². The first-order valence-electron chi connectivity index (χ1n) is 12.7. The molecule has 1 atom stereocenters. The molecule has 0 saturated heterocycles. The van der Waals surface area contributed by atoms with Gasteiger partial charge in [-0.15, -0.1) is 0 Å². The molecule has 4 nitrogen and oxygen atoms in total. The monoisotopic (exact) mass is 476 g/mol. The van der Waals surface area contributed by atoms with E-state index in [0.717, 1.165) is 46.3 Å². The number of fused-ring (bicyclic) bond motifs is 10. The molecule has 0 bridgehead atoms. The fourth-order valence-corrected chi connectivity index (χ4v) is 6.87. The summed E-state index contributed by atoms with van der Waals surface area (Å²) in [7, 11) is 0. The number of hydrogen-bond acceptors (Lipinski definition) is 4. The Kier molecular flexibility index (Phi) is 3.47. The van der Waals surface area contributed by atoms with Gasteiger partial charge < -0.3 is 20.9 Å². The highest BCUT2D eigenvalue weighted by Gasteiger charge is 2.44. The lowest BCUT2D eigenvalue weighted by Gasteiger charge is -2.36. The van der Waals surface area contributed by atoms with Crippen molar-refractivity contribution in [2.75, 3.05) is 11.5 Å². The summed E-state index contributed by atoms with van der Waals surface area (Å²) >= 11 is 0. The van der Waals surface area contributed by atoms with E-state index in [1.807, 2.05) is 24.3 Å². The van der Waals surface area contributed by atoms with Crippen molar-refractivity contribution >= 4 is 35.1 Å². The molecular formula is C32H21BN2O2. The molecule has 4 N–H and O–H groups in total. The van der Waals surface area contributed by atoms with Crippen molar-refractivity contribution in [3.8, 4) is 28.4 Å². The maximum absolute atomic E-state index is 6.55. The van der Waals surface area contributed by atoms with Crippen LogP contribution >= 0.6 is 0 Å². The van der Waals surface area contributed by atoms with Crippen molar-refractivity contribution in [3.05, 3.63) is 118 Å². The van der Waals surface area contributed by atoms with E-state index >= 15 is 0 Å². The van der Waals surface area contributed by atoms with Gasteiger partial charge in [-0.05, 0) is 105 Å². The van der Waals surface area contributed by atoms with Gasteiger partial charge in [0.05, 0.1) is 0 Å². The first-order valence-corrected chi connectivity index (χ1v) is 12.7. The smallest absolute Gasteiger partial charge is 0.260 e. The first-order chi connectivity index (χ1) is 18.1. The first kappa shape index (κ1) is 19.5. The van der Waals surface area contributed by atoms with Gasteiger partial charge in [-0.1, -0.05) is 36.4 Å². The minimum absolute atomic E-state index is 0.0460. The van der Waals surface area contributed by atoms with Gasteiger partial charge in [0.2, 0.25) is 0 Å². The summed E-state index contributed by atoms with van der Waals surface area (Å²) in [5.74, 6) is 3.77.